The lowest BCUT2D eigenvalue weighted by Gasteiger charge is -2.27. The van der Waals surface area contributed by atoms with E-state index >= 15 is 0 Å². The molecule has 3 nitrogen and oxygen atoms in total. The summed E-state index contributed by atoms with van der Waals surface area (Å²) in [6, 6.07) is 0.436. The molecule has 0 aliphatic heterocycles. The van der Waals surface area contributed by atoms with Gasteiger partial charge in [-0.1, -0.05) is 20.3 Å². The minimum absolute atomic E-state index is 0.113. The minimum atomic E-state index is -0.613. The van der Waals surface area contributed by atoms with Crippen LogP contribution in [0.1, 0.15) is 46.0 Å². The highest BCUT2D eigenvalue weighted by Gasteiger charge is 2.45. The SMILES string of the molecule is CC1(C)CC1CNC1CCCC(C(=O)O)C1. The lowest BCUT2D eigenvalue weighted by Crippen LogP contribution is -2.37. The normalized spacial score (nSPS) is 37.0. The van der Waals surface area contributed by atoms with Crippen LogP contribution in [0, 0.1) is 17.3 Å². The van der Waals surface area contributed by atoms with Crippen molar-refractivity contribution >= 4 is 5.97 Å². The lowest BCUT2D eigenvalue weighted by molar-refractivity contribution is -0.143. The standard InChI is InChI=1S/C13H23NO2/c1-13(2)7-10(13)8-14-11-5-3-4-9(6-11)12(15)16/h9-11,14H,3-8H2,1-2H3,(H,15,16). The summed E-state index contributed by atoms with van der Waals surface area (Å²) in [7, 11) is 0. The molecule has 2 aliphatic carbocycles. The molecular weight excluding hydrogens is 202 g/mol. The Kier molecular flexibility index (Phi) is 3.24. The molecule has 92 valence electrons. The predicted molar refractivity (Wildman–Crippen MR) is 63.3 cm³/mol. The molecule has 0 radical (unpaired) electrons. The maximum atomic E-state index is 10.9. The number of carboxylic acid groups (broad SMARTS) is 1. The Bertz CT molecular complexity index is 275. The number of rotatable bonds is 4. The Morgan fingerprint density at radius 2 is 2.12 bits per heavy atom. The van der Waals surface area contributed by atoms with E-state index in [0.717, 1.165) is 38.1 Å². The van der Waals surface area contributed by atoms with E-state index in [0.29, 0.717) is 11.5 Å². The largest absolute Gasteiger partial charge is 0.481 e. The van der Waals surface area contributed by atoms with Gasteiger partial charge in [0.05, 0.1) is 5.92 Å². The Labute approximate surface area is 97.6 Å². The van der Waals surface area contributed by atoms with Gasteiger partial charge in [-0.25, -0.2) is 0 Å². The van der Waals surface area contributed by atoms with Gasteiger partial charge in [-0.15, -0.1) is 0 Å². The van der Waals surface area contributed by atoms with Crippen molar-refractivity contribution in [1.29, 1.82) is 0 Å². The predicted octanol–water partition coefficient (Wildman–Crippen LogP) is 2.27. The van der Waals surface area contributed by atoms with Gasteiger partial charge in [-0.05, 0) is 43.6 Å². The summed E-state index contributed by atoms with van der Waals surface area (Å²) in [6.07, 6.45) is 5.21. The maximum Gasteiger partial charge on any atom is 0.306 e. The van der Waals surface area contributed by atoms with Gasteiger partial charge in [0.2, 0.25) is 0 Å². The first kappa shape index (κ1) is 11.9. The summed E-state index contributed by atoms with van der Waals surface area (Å²) in [4.78, 5) is 10.9. The second-order valence-electron chi connectivity index (χ2n) is 6.20. The van der Waals surface area contributed by atoms with Crippen molar-refractivity contribution in [3.63, 3.8) is 0 Å². The summed E-state index contributed by atoms with van der Waals surface area (Å²) in [5.74, 6) is 0.0782. The molecule has 2 fully saturated rings. The van der Waals surface area contributed by atoms with Gasteiger partial charge in [-0.3, -0.25) is 4.79 Å². The molecular formula is C13H23NO2. The molecule has 2 N–H and O–H groups in total. The highest BCUT2D eigenvalue weighted by molar-refractivity contribution is 5.70. The van der Waals surface area contributed by atoms with Crippen LogP contribution >= 0.6 is 0 Å². The highest BCUT2D eigenvalue weighted by Crippen LogP contribution is 2.51. The van der Waals surface area contributed by atoms with Gasteiger partial charge in [0.15, 0.2) is 0 Å². The molecule has 0 saturated heterocycles. The summed E-state index contributed by atoms with van der Waals surface area (Å²) >= 11 is 0. The molecule has 0 bridgehead atoms. The molecule has 2 saturated carbocycles. The highest BCUT2D eigenvalue weighted by atomic mass is 16.4. The lowest BCUT2D eigenvalue weighted by atomic mass is 9.85. The summed E-state index contributed by atoms with van der Waals surface area (Å²) in [5.41, 5.74) is 0.522. The van der Waals surface area contributed by atoms with Crippen LogP contribution in [-0.2, 0) is 4.79 Å². The average molecular weight is 225 g/mol. The van der Waals surface area contributed by atoms with Crippen LogP contribution in [0.4, 0.5) is 0 Å². The molecule has 2 aliphatic rings. The van der Waals surface area contributed by atoms with E-state index in [1.807, 2.05) is 0 Å². The fourth-order valence-corrected chi connectivity index (χ4v) is 2.83. The summed E-state index contributed by atoms with van der Waals surface area (Å²) < 4.78 is 0. The first-order valence-electron chi connectivity index (χ1n) is 6.45. The van der Waals surface area contributed by atoms with Crippen molar-refractivity contribution in [2.45, 2.75) is 52.0 Å². The van der Waals surface area contributed by atoms with E-state index in [2.05, 4.69) is 19.2 Å². The van der Waals surface area contributed by atoms with Crippen LogP contribution in [0.15, 0.2) is 0 Å². The number of hydrogen-bond acceptors (Lipinski definition) is 2. The van der Waals surface area contributed by atoms with Gasteiger partial charge in [0, 0.05) is 6.04 Å². The van der Waals surface area contributed by atoms with Gasteiger partial charge < -0.3 is 10.4 Å². The number of carbonyl (C=O) groups is 1. The zero-order chi connectivity index (χ0) is 11.8. The molecule has 2 rings (SSSR count). The van der Waals surface area contributed by atoms with Crippen molar-refractivity contribution in [2.24, 2.45) is 17.3 Å². The third kappa shape index (κ3) is 2.76. The third-order valence-corrected chi connectivity index (χ3v) is 4.39. The topological polar surface area (TPSA) is 49.3 Å². The van der Waals surface area contributed by atoms with Crippen LogP contribution in [0.2, 0.25) is 0 Å². The van der Waals surface area contributed by atoms with Crippen molar-refractivity contribution < 1.29 is 9.90 Å². The van der Waals surface area contributed by atoms with E-state index in [-0.39, 0.29) is 5.92 Å². The van der Waals surface area contributed by atoms with E-state index in [1.165, 1.54) is 6.42 Å². The monoisotopic (exact) mass is 225 g/mol. The van der Waals surface area contributed by atoms with E-state index < -0.39 is 5.97 Å². The second kappa shape index (κ2) is 4.36. The Morgan fingerprint density at radius 1 is 1.44 bits per heavy atom. The molecule has 0 aromatic heterocycles. The van der Waals surface area contributed by atoms with Crippen LogP contribution < -0.4 is 5.32 Å². The van der Waals surface area contributed by atoms with Crippen molar-refractivity contribution in [1.82, 2.24) is 5.32 Å². The molecule has 0 aromatic rings. The molecule has 0 aromatic carbocycles. The zero-order valence-electron chi connectivity index (χ0n) is 10.3. The number of hydrogen-bond donors (Lipinski definition) is 2. The number of aliphatic carboxylic acids is 1. The molecule has 0 amide bonds. The second-order valence-corrected chi connectivity index (χ2v) is 6.20. The zero-order valence-corrected chi connectivity index (χ0v) is 10.3. The fraction of sp³-hybridized carbons (Fsp3) is 0.923. The van der Waals surface area contributed by atoms with Crippen LogP contribution in [0.5, 0.6) is 0 Å². The smallest absolute Gasteiger partial charge is 0.306 e. The Morgan fingerprint density at radius 3 is 2.69 bits per heavy atom. The maximum absolute atomic E-state index is 10.9. The van der Waals surface area contributed by atoms with Gasteiger partial charge in [0.1, 0.15) is 0 Å². The third-order valence-electron chi connectivity index (χ3n) is 4.39. The van der Waals surface area contributed by atoms with Crippen LogP contribution in [0.25, 0.3) is 0 Å². The number of carboxylic acids is 1. The van der Waals surface area contributed by atoms with Crippen LogP contribution in [-0.4, -0.2) is 23.7 Å². The first-order chi connectivity index (χ1) is 7.49. The number of nitrogens with one attached hydrogen (secondary N) is 1. The van der Waals surface area contributed by atoms with Gasteiger partial charge in [-0.2, -0.15) is 0 Å². The van der Waals surface area contributed by atoms with Gasteiger partial charge in [0.25, 0.3) is 0 Å². The Balaban J connectivity index is 1.71. The average Bonchev–Trinajstić information content (AvgIpc) is 2.84. The van der Waals surface area contributed by atoms with Crippen molar-refractivity contribution in [3.05, 3.63) is 0 Å². The molecule has 3 heteroatoms. The van der Waals surface area contributed by atoms with Crippen molar-refractivity contribution in [3.8, 4) is 0 Å². The first-order valence-corrected chi connectivity index (χ1v) is 6.45. The van der Waals surface area contributed by atoms with Crippen molar-refractivity contribution in [2.75, 3.05) is 6.54 Å². The molecule has 3 unspecified atom stereocenters. The molecule has 0 spiro atoms. The Hall–Kier alpha value is -0.570. The van der Waals surface area contributed by atoms with E-state index in [9.17, 15) is 4.79 Å². The quantitative estimate of drug-likeness (QED) is 0.771. The minimum Gasteiger partial charge on any atom is -0.481 e. The molecule has 3 atom stereocenters. The fourth-order valence-electron chi connectivity index (χ4n) is 2.83. The van der Waals surface area contributed by atoms with Gasteiger partial charge >= 0.3 is 5.97 Å². The van der Waals surface area contributed by atoms with E-state index in [1.54, 1.807) is 0 Å². The van der Waals surface area contributed by atoms with Crippen LogP contribution in [0.3, 0.4) is 0 Å². The summed E-state index contributed by atoms with van der Waals surface area (Å²) in [6.45, 7) is 5.69. The molecule has 16 heavy (non-hydrogen) atoms. The van der Waals surface area contributed by atoms with E-state index in [4.69, 9.17) is 5.11 Å². The summed E-state index contributed by atoms with van der Waals surface area (Å²) in [5, 5.41) is 12.6. The molecule has 0 heterocycles.